The van der Waals surface area contributed by atoms with Gasteiger partial charge in [0.2, 0.25) is 10.0 Å². The van der Waals surface area contributed by atoms with Crippen molar-refractivity contribution in [3.05, 3.63) is 48.0 Å². The van der Waals surface area contributed by atoms with Crippen molar-refractivity contribution in [1.29, 1.82) is 0 Å². The van der Waals surface area contributed by atoms with Crippen LogP contribution in [0.25, 0.3) is 0 Å². The van der Waals surface area contributed by atoms with E-state index in [9.17, 15) is 18.0 Å². The van der Waals surface area contributed by atoms with Gasteiger partial charge in [-0.1, -0.05) is 13.8 Å². The first-order valence-electron chi connectivity index (χ1n) is 8.83. The quantitative estimate of drug-likeness (QED) is 0.770. The van der Waals surface area contributed by atoms with Crippen molar-refractivity contribution in [3.63, 3.8) is 0 Å². The van der Waals surface area contributed by atoms with Crippen LogP contribution < -0.4 is 15.4 Å². The van der Waals surface area contributed by atoms with Crippen molar-refractivity contribution in [2.75, 3.05) is 30.3 Å². The summed E-state index contributed by atoms with van der Waals surface area (Å²) in [5.41, 5.74) is 1.37. The molecule has 148 valence electrons. The van der Waals surface area contributed by atoms with Gasteiger partial charge in [-0.2, -0.15) is 4.31 Å². The molecule has 2 aromatic carbocycles. The molecule has 0 spiro atoms. The molecule has 0 bridgehead atoms. The van der Waals surface area contributed by atoms with E-state index in [1.807, 2.05) is 0 Å². The number of anilines is 2. The minimum absolute atomic E-state index is 0.0765. The molecule has 0 atom stereocenters. The van der Waals surface area contributed by atoms with Crippen LogP contribution in [0.15, 0.2) is 47.4 Å². The van der Waals surface area contributed by atoms with Crippen molar-refractivity contribution in [2.45, 2.75) is 18.7 Å². The number of carbonyl (C=O) groups is 2. The van der Waals surface area contributed by atoms with Gasteiger partial charge < -0.3 is 15.4 Å². The van der Waals surface area contributed by atoms with Crippen LogP contribution in [0.3, 0.4) is 0 Å². The molecule has 2 N–H and O–H groups in total. The molecule has 8 nitrogen and oxygen atoms in total. The second kappa shape index (κ2) is 7.99. The molecule has 0 unspecified atom stereocenters. The third-order valence-electron chi connectivity index (χ3n) is 4.33. The van der Waals surface area contributed by atoms with Crippen molar-refractivity contribution in [3.8, 4) is 5.75 Å². The molecule has 0 radical (unpaired) electrons. The normalized spacial score (nSPS) is 13.5. The van der Waals surface area contributed by atoms with E-state index in [1.54, 1.807) is 32.0 Å². The van der Waals surface area contributed by atoms with Gasteiger partial charge in [0, 0.05) is 30.4 Å². The van der Waals surface area contributed by atoms with Gasteiger partial charge in [0.15, 0.2) is 6.61 Å². The molecule has 1 aliphatic rings. The van der Waals surface area contributed by atoms with Crippen LogP contribution in [0.2, 0.25) is 0 Å². The largest absolute Gasteiger partial charge is 0.482 e. The summed E-state index contributed by atoms with van der Waals surface area (Å²) in [5, 5.41) is 5.40. The number of ether oxygens (including phenoxy) is 1. The average molecular weight is 403 g/mol. The van der Waals surface area contributed by atoms with Crippen LogP contribution in [0.4, 0.5) is 11.4 Å². The van der Waals surface area contributed by atoms with Crippen molar-refractivity contribution in [2.24, 2.45) is 0 Å². The average Bonchev–Trinajstić information content (AvgIpc) is 2.69. The Morgan fingerprint density at radius 3 is 2.46 bits per heavy atom. The van der Waals surface area contributed by atoms with E-state index < -0.39 is 10.0 Å². The van der Waals surface area contributed by atoms with Gasteiger partial charge in [0.1, 0.15) is 5.75 Å². The second-order valence-corrected chi connectivity index (χ2v) is 8.05. The predicted octanol–water partition coefficient (Wildman–Crippen LogP) is 2.30. The van der Waals surface area contributed by atoms with E-state index in [2.05, 4.69) is 10.6 Å². The molecule has 1 aliphatic heterocycles. The van der Waals surface area contributed by atoms with Crippen molar-refractivity contribution >= 4 is 33.2 Å². The number of rotatable bonds is 6. The topological polar surface area (TPSA) is 105 Å². The third kappa shape index (κ3) is 4.00. The highest BCUT2D eigenvalue weighted by Gasteiger charge is 2.22. The van der Waals surface area contributed by atoms with Crippen LogP contribution in [0.1, 0.15) is 24.2 Å². The molecule has 3 rings (SSSR count). The summed E-state index contributed by atoms with van der Waals surface area (Å²) >= 11 is 0. The molecule has 0 aliphatic carbocycles. The van der Waals surface area contributed by atoms with Gasteiger partial charge in [-0.3, -0.25) is 9.59 Å². The number of sulfonamides is 1. The number of hydrogen-bond acceptors (Lipinski definition) is 5. The first kappa shape index (κ1) is 19.8. The molecule has 0 aromatic heterocycles. The molecular weight excluding hydrogens is 382 g/mol. The number of fused-ring (bicyclic) bond motifs is 1. The minimum atomic E-state index is -3.57. The Morgan fingerprint density at radius 2 is 1.82 bits per heavy atom. The Kier molecular flexibility index (Phi) is 5.66. The van der Waals surface area contributed by atoms with E-state index >= 15 is 0 Å². The molecule has 1 heterocycles. The Morgan fingerprint density at radius 1 is 1.14 bits per heavy atom. The fourth-order valence-corrected chi connectivity index (χ4v) is 4.30. The van der Waals surface area contributed by atoms with E-state index in [-0.39, 0.29) is 23.3 Å². The Bertz CT molecular complexity index is 999. The highest BCUT2D eigenvalue weighted by atomic mass is 32.2. The SMILES string of the molecule is CCN(CC)S(=O)(=O)c1ccc(C(=O)Nc2ccc3c(c2)OCC(=O)N3)cc1. The third-order valence-corrected chi connectivity index (χ3v) is 6.40. The second-order valence-electron chi connectivity index (χ2n) is 6.12. The zero-order valence-electron chi connectivity index (χ0n) is 15.6. The van der Waals surface area contributed by atoms with Gasteiger partial charge in [0.05, 0.1) is 10.6 Å². The predicted molar refractivity (Wildman–Crippen MR) is 105 cm³/mol. The molecular formula is C19H21N3O5S. The molecule has 28 heavy (non-hydrogen) atoms. The van der Waals surface area contributed by atoms with Gasteiger partial charge in [-0.15, -0.1) is 0 Å². The number of amides is 2. The maximum Gasteiger partial charge on any atom is 0.262 e. The standard InChI is InChI=1S/C19H21N3O5S/c1-3-22(4-2)28(25,26)15-8-5-13(6-9-15)19(24)20-14-7-10-16-17(11-14)27-12-18(23)21-16/h5-11H,3-4,12H2,1-2H3,(H,20,24)(H,21,23). The van der Waals surface area contributed by atoms with Crippen LogP contribution in [-0.4, -0.2) is 44.2 Å². The van der Waals surface area contributed by atoms with E-state index in [1.165, 1.54) is 28.6 Å². The van der Waals surface area contributed by atoms with E-state index in [0.29, 0.717) is 35.8 Å². The summed E-state index contributed by atoms with van der Waals surface area (Å²) in [7, 11) is -3.57. The molecule has 2 aromatic rings. The molecule has 0 saturated carbocycles. The molecule has 0 saturated heterocycles. The lowest BCUT2D eigenvalue weighted by Gasteiger charge is -2.19. The van der Waals surface area contributed by atoms with Gasteiger partial charge in [-0.25, -0.2) is 8.42 Å². The fraction of sp³-hybridized carbons (Fsp3) is 0.263. The summed E-state index contributed by atoms with van der Waals surface area (Å²) in [6, 6.07) is 10.7. The highest BCUT2D eigenvalue weighted by molar-refractivity contribution is 7.89. The summed E-state index contributed by atoms with van der Waals surface area (Å²) in [5.74, 6) is -0.145. The first-order chi connectivity index (χ1) is 13.3. The Hall–Kier alpha value is -2.91. The van der Waals surface area contributed by atoms with Crippen LogP contribution in [0, 0.1) is 0 Å². The number of benzene rings is 2. The zero-order valence-corrected chi connectivity index (χ0v) is 16.4. The minimum Gasteiger partial charge on any atom is -0.482 e. The summed E-state index contributed by atoms with van der Waals surface area (Å²) in [4.78, 5) is 23.9. The highest BCUT2D eigenvalue weighted by Crippen LogP contribution is 2.30. The summed E-state index contributed by atoms with van der Waals surface area (Å²) < 4.78 is 31.7. The fourth-order valence-electron chi connectivity index (χ4n) is 2.85. The Labute approximate surface area is 163 Å². The maximum absolute atomic E-state index is 12.5. The lowest BCUT2D eigenvalue weighted by Crippen LogP contribution is -2.30. The Balaban J connectivity index is 1.74. The van der Waals surface area contributed by atoms with Crippen LogP contribution in [-0.2, 0) is 14.8 Å². The number of nitrogens with one attached hydrogen (secondary N) is 2. The maximum atomic E-state index is 12.5. The number of nitrogens with zero attached hydrogens (tertiary/aromatic N) is 1. The molecule has 0 fully saturated rings. The van der Waals surface area contributed by atoms with E-state index in [0.717, 1.165) is 0 Å². The molecule has 9 heteroatoms. The molecule has 2 amide bonds. The van der Waals surface area contributed by atoms with Gasteiger partial charge >= 0.3 is 0 Å². The lowest BCUT2D eigenvalue weighted by molar-refractivity contribution is -0.118. The summed E-state index contributed by atoms with van der Waals surface area (Å²) in [6.07, 6.45) is 0. The van der Waals surface area contributed by atoms with Crippen LogP contribution in [0.5, 0.6) is 5.75 Å². The van der Waals surface area contributed by atoms with Gasteiger partial charge in [-0.05, 0) is 36.4 Å². The smallest absolute Gasteiger partial charge is 0.262 e. The summed E-state index contributed by atoms with van der Waals surface area (Å²) in [6.45, 7) is 4.23. The zero-order chi connectivity index (χ0) is 20.3. The van der Waals surface area contributed by atoms with E-state index in [4.69, 9.17) is 4.74 Å². The number of carbonyl (C=O) groups excluding carboxylic acids is 2. The monoisotopic (exact) mass is 403 g/mol. The lowest BCUT2D eigenvalue weighted by atomic mass is 10.2. The van der Waals surface area contributed by atoms with Crippen molar-refractivity contribution in [1.82, 2.24) is 4.31 Å². The van der Waals surface area contributed by atoms with Gasteiger partial charge in [0.25, 0.3) is 11.8 Å². The van der Waals surface area contributed by atoms with Crippen molar-refractivity contribution < 1.29 is 22.7 Å². The van der Waals surface area contributed by atoms with Crippen LogP contribution >= 0.6 is 0 Å². The number of hydrogen-bond donors (Lipinski definition) is 2. The first-order valence-corrected chi connectivity index (χ1v) is 10.3.